The van der Waals surface area contributed by atoms with Gasteiger partial charge in [-0.05, 0) is 31.0 Å². The summed E-state index contributed by atoms with van der Waals surface area (Å²) in [4.78, 5) is 0. The predicted octanol–water partition coefficient (Wildman–Crippen LogP) is 2.95. The van der Waals surface area contributed by atoms with Crippen LogP contribution in [0.4, 0.5) is 5.82 Å². The second-order valence-corrected chi connectivity index (χ2v) is 4.68. The van der Waals surface area contributed by atoms with E-state index >= 15 is 0 Å². The number of nitrogen functional groups attached to an aromatic ring is 1. The van der Waals surface area contributed by atoms with E-state index in [1.54, 1.807) is 25.0 Å². The summed E-state index contributed by atoms with van der Waals surface area (Å²) in [5.74, 6) is 1.23. The van der Waals surface area contributed by atoms with Crippen molar-refractivity contribution >= 4 is 17.4 Å². The van der Waals surface area contributed by atoms with E-state index in [0.29, 0.717) is 16.6 Å². The third-order valence-corrected chi connectivity index (χ3v) is 3.49. The molecule has 5 heteroatoms. The summed E-state index contributed by atoms with van der Waals surface area (Å²) >= 11 is 6.22. The maximum absolute atomic E-state index is 6.22. The SMILES string of the molecule is COc1c(Cl)cc(C)c(C)c1-c1cnn(C)c1N. The lowest BCUT2D eigenvalue weighted by molar-refractivity contribution is 0.416. The highest BCUT2D eigenvalue weighted by Crippen LogP contribution is 2.42. The van der Waals surface area contributed by atoms with Crippen LogP contribution in [0.3, 0.4) is 0 Å². The summed E-state index contributed by atoms with van der Waals surface area (Å²) in [7, 11) is 3.41. The number of benzene rings is 1. The molecule has 0 spiro atoms. The highest BCUT2D eigenvalue weighted by Gasteiger charge is 2.19. The summed E-state index contributed by atoms with van der Waals surface area (Å²) in [6.45, 7) is 4.03. The van der Waals surface area contributed by atoms with Crippen LogP contribution in [-0.4, -0.2) is 16.9 Å². The molecule has 2 N–H and O–H groups in total. The van der Waals surface area contributed by atoms with Crippen molar-refractivity contribution < 1.29 is 4.74 Å². The second-order valence-electron chi connectivity index (χ2n) is 4.28. The van der Waals surface area contributed by atoms with Crippen molar-refractivity contribution in [3.63, 3.8) is 0 Å². The Balaban J connectivity index is 2.81. The molecule has 2 rings (SSSR count). The topological polar surface area (TPSA) is 53.1 Å². The van der Waals surface area contributed by atoms with Crippen molar-refractivity contribution in [3.05, 3.63) is 28.4 Å². The number of methoxy groups -OCH3 is 1. The summed E-state index contributed by atoms with van der Waals surface area (Å²) in [6.07, 6.45) is 1.73. The zero-order chi connectivity index (χ0) is 13.4. The van der Waals surface area contributed by atoms with Crippen LogP contribution in [0.25, 0.3) is 11.1 Å². The largest absolute Gasteiger partial charge is 0.495 e. The van der Waals surface area contributed by atoms with Gasteiger partial charge in [0.05, 0.1) is 18.3 Å². The van der Waals surface area contributed by atoms with Gasteiger partial charge in [-0.2, -0.15) is 5.10 Å². The molecule has 4 nitrogen and oxygen atoms in total. The van der Waals surface area contributed by atoms with Gasteiger partial charge in [-0.25, -0.2) is 0 Å². The molecule has 0 aliphatic carbocycles. The Labute approximate surface area is 111 Å². The fourth-order valence-corrected chi connectivity index (χ4v) is 2.35. The molecule has 1 heterocycles. The Morgan fingerprint density at radius 3 is 2.56 bits per heavy atom. The van der Waals surface area contributed by atoms with Gasteiger partial charge >= 0.3 is 0 Å². The number of halogens is 1. The molecule has 0 saturated heterocycles. The number of hydrogen-bond donors (Lipinski definition) is 1. The van der Waals surface area contributed by atoms with Crippen LogP contribution in [0.1, 0.15) is 11.1 Å². The van der Waals surface area contributed by atoms with Crippen molar-refractivity contribution in [2.45, 2.75) is 13.8 Å². The predicted molar refractivity (Wildman–Crippen MR) is 74.1 cm³/mol. The molecule has 0 aliphatic heterocycles. The maximum Gasteiger partial charge on any atom is 0.145 e. The first-order valence-corrected chi connectivity index (χ1v) is 5.96. The van der Waals surface area contributed by atoms with Crippen LogP contribution in [0.5, 0.6) is 5.75 Å². The molecule has 18 heavy (non-hydrogen) atoms. The zero-order valence-corrected chi connectivity index (χ0v) is 11.7. The molecule has 0 radical (unpaired) electrons. The van der Waals surface area contributed by atoms with E-state index in [2.05, 4.69) is 5.10 Å². The molecular weight excluding hydrogens is 250 g/mol. The standard InChI is InChI=1S/C13H16ClN3O/c1-7-5-10(14)12(18-4)11(8(7)2)9-6-16-17(3)13(9)15/h5-6H,15H2,1-4H3. The first kappa shape index (κ1) is 12.8. The van der Waals surface area contributed by atoms with E-state index < -0.39 is 0 Å². The van der Waals surface area contributed by atoms with E-state index in [4.69, 9.17) is 22.1 Å². The third kappa shape index (κ3) is 1.82. The molecular formula is C13H16ClN3O. The Morgan fingerprint density at radius 2 is 2.06 bits per heavy atom. The highest BCUT2D eigenvalue weighted by molar-refractivity contribution is 6.32. The van der Waals surface area contributed by atoms with Gasteiger partial charge in [-0.3, -0.25) is 4.68 Å². The van der Waals surface area contributed by atoms with E-state index in [0.717, 1.165) is 22.3 Å². The lowest BCUT2D eigenvalue weighted by Crippen LogP contribution is -2.00. The first-order valence-electron chi connectivity index (χ1n) is 5.59. The van der Waals surface area contributed by atoms with Crippen molar-refractivity contribution in [1.29, 1.82) is 0 Å². The van der Waals surface area contributed by atoms with Gasteiger partial charge in [-0.15, -0.1) is 0 Å². The quantitative estimate of drug-likeness (QED) is 0.908. The molecule has 0 saturated carbocycles. The van der Waals surface area contributed by atoms with Gasteiger partial charge in [0.2, 0.25) is 0 Å². The van der Waals surface area contributed by atoms with E-state index in [9.17, 15) is 0 Å². The lowest BCUT2D eigenvalue weighted by Gasteiger charge is -2.15. The van der Waals surface area contributed by atoms with E-state index in [1.807, 2.05) is 19.9 Å². The van der Waals surface area contributed by atoms with Crippen LogP contribution in [0, 0.1) is 13.8 Å². The summed E-state index contributed by atoms with van der Waals surface area (Å²) in [5.41, 5.74) is 9.97. The van der Waals surface area contributed by atoms with Crippen molar-refractivity contribution in [1.82, 2.24) is 9.78 Å². The van der Waals surface area contributed by atoms with Gasteiger partial charge in [-0.1, -0.05) is 11.6 Å². The van der Waals surface area contributed by atoms with Crippen LogP contribution < -0.4 is 10.5 Å². The Kier molecular flexibility index (Phi) is 3.22. The van der Waals surface area contributed by atoms with Gasteiger partial charge in [0.15, 0.2) is 0 Å². The number of nitrogens with two attached hydrogens (primary N) is 1. The molecule has 0 amide bonds. The minimum Gasteiger partial charge on any atom is -0.495 e. The van der Waals surface area contributed by atoms with Crippen molar-refractivity contribution in [3.8, 4) is 16.9 Å². The molecule has 0 unspecified atom stereocenters. The van der Waals surface area contributed by atoms with Crippen LogP contribution in [0.2, 0.25) is 5.02 Å². The minimum atomic E-state index is 0.582. The van der Waals surface area contributed by atoms with E-state index in [-0.39, 0.29) is 0 Å². The summed E-state index contributed by atoms with van der Waals surface area (Å²) in [5, 5.41) is 4.74. The average Bonchev–Trinajstić information content (AvgIpc) is 2.65. The second kappa shape index (κ2) is 4.53. The maximum atomic E-state index is 6.22. The summed E-state index contributed by atoms with van der Waals surface area (Å²) < 4.78 is 7.04. The molecule has 2 aromatic rings. The Bertz CT molecular complexity index is 605. The first-order chi connectivity index (χ1) is 8.47. The third-order valence-electron chi connectivity index (χ3n) is 3.21. The van der Waals surface area contributed by atoms with Crippen LogP contribution >= 0.6 is 11.6 Å². The van der Waals surface area contributed by atoms with Gasteiger partial charge in [0.25, 0.3) is 0 Å². The number of hydrogen-bond acceptors (Lipinski definition) is 3. The normalized spacial score (nSPS) is 10.7. The van der Waals surface area contributed by atoms with Gasteiger partial charge in [0, 0.05) is 18.2 Å². The Hall–Kier alpha value is -1.68. The number of anilines is 1. The monoisotopic (exact) mass is 265 g/mol. The molecule has 0 aliphatic rings. The smallest absolute Gasteiger partial charge is 0.145 e. The number of ether oxygens (including phenoxy) is 1. The summed E-state index contributed by atoms with van der Waals surface area (Å²) in [6, 6.07) is 1.89. The van der Waals surface area contributed by atoms with Crippen LogP contribution in [-0.2, 0) is 7.05 Å². The number of nitrogens with zero attached hydrogens (tertiary/aromatic N) is 2. The molecule has 1 aromatic carbocycles. The Morgan fingerprint density at radius 1 is 1.39 bits per heavy atom. The fraction of sp³-hybridized carbons (Fsp3) is 0.308. The molecule has 96 valence electrons. The van der Waals surface area contributed by atoms with E-state index in [1.165, 1.54) is 0 Å². The fourth-order valence-electron chi connectivity index (χ4n) is 2.01. The van der Waals surface area contributed by atoms with Crippen LogP contribution in [0.15, 0.2) is 12.3 Å². The van der Waals surface area contributed by atoms with Gasteiger partial charge < -0.3 is 10.5 Å². The molecule has 0 atom stereocenters. The average molecular weight is 266 g/mol. The number of aryl methyl sites for hydroxylation is 2. The molecule has 0 fully saturated rings. The lowest BCUT2D eigenvalue weighted by atomic mass is 9.97. The van der Waals surface area contributed by atoms with Crippen molar-refractivity contribution in [2.75, 3.05) is 12.8 Å². The number of aromatic nitrogens is 2. The molecule has 0 bridgehead atoms. The van der Waals surface area contributed by atoms with Gasteiger partial charge in [0.1, 0.15) is 11.6 Å². The molecule has 1 aromatic heterocycles. The minimum absolute atomic E-state index is 0.582. The highest BCUT2D eigenvalue weighted by atomic mass is 35.5. The number of rotatable bonds is 2. The van der Waals surface area contributed by atoms with Crippen molar-refractivity contribution in [2.24, 2.45) is 7.05 Å². The zero-order valence-electron chi connectivity index (χ0n) is 10.9.